The molecule has 0 N–H and O–H groups in total. The van der Waals surface area contributed by atoms with E-state index < -0.39 is 0 Å². The molecule has 0 saturated heterocycles. The SMILES string of the molecule is N#CC1CC1c1nc(C2CCCc3ccccc32)no1. The van der Waals surface area contributed by atoms with Crippen molar-refractivity contribution in [3.05, 3.63) is 47.1 Å². The predicted octanol–water partition coefficient (Wildman–Crippen LogP) is 3.16. The molecule has 0 radical (unpaired) electrons. The molecule has 1 saturated carbocycles. The fourth-order valence-corrected chi connectivity index (χ4v) is 3.17. The number of rotatable bonds is 2. The van der Waals surface area contributed by atoms with Gasteiger partial charge in [-0.1, -0.05) is 29.4 Å². The van der Waals surface area contributed by atoms with Crippen LogP contribution in [0.25, 0.3) is 0 Å². The lowest BCUT2D eigenvalue weighted by atomic mass is 9.82. The lowest BCUT2D eigenvalue weighted by molar-refractivity contribution is 0.369. The molecule has 1 heterocycles. The third-order valence-corrected chi connectivity index (χ3v) is 4.41. The van der Waals surface area contributed by atoms with Gasteiger partial charge in [0.1, 0.15) is 0 Å². The second-order valence-corrected chi connectivity index (χ2v) is 5.71. The van der Waals surface area contributed by atoms with E-state index in [2.05, 4.69) is 40.5 Å². The zero-order valence-electron chi connectivity index (χ0n) is 11.1. The van der Waals surface area contributed by atoms with Crippen LogP contribution in [0.15, 0.2) is 28.8 Å². The van der Waals surface area contributed by atoms with Crippen LogP contribution in [0.3, 0.4) is 0 Å². The zero-order valence-corrected chi connectivity index (χ0v) is 11.1. The zero-order chi connectivity index (χ0) is 13.5. The van der Waals surface area contributed by atoms with E-state index in [9.17, 15) is 0 Å². The van der Waals surface area contributed by atoms with Gasteiger partial charge in [0.05, 0.1) is 17.9 Å². The maximum absolute atomic E-state index is 8.88. The van der Waals surface area contributed by atoms with Gasteiger partial charge in [0.15, 0.2) is 5.82 Å². The first-order valence-electron chi connectivity index (χ1n) is 7.17. The summed E-state index contributed by atoms with van der Waals surface area (Å²) in [6.07, 6.45) is 4.23. The lowest BCUT2D eigenvalue weighted by Gasteiger charge is -2.22. The fraction of sp³-hybridized carbons (Fsp3) is 0.438. The molecule has 1 aromatic heterocycles. The van der Waals surface area contributed by atoms with Crippen molar-refractivity contribution < 1.29 is 4.52 Å². The van der Waals surface area contributed by atoms with E-state index in [1.807, 2.05) is 0 Å². The van der Waals surface area contributed by atoms with Crippen LogP contribution in [0.1, 0.15) is 53.9 Å². The van der Waals surface area contributed by atoms with Gasteiger partial charge in [-0.15, -0.1) is 0 Å². The normalized spacial score (nSPS) is 27.6. The molecule has 3 unspecified atom stereocenters. The Balaban J connectivity index is 1.65. The molecule has 1 aromatic carbocycles. The highest BCUT2D eigenvalue weighted by atomic mass is 16.5. The Labute approximate surface area is 117 Å². The summed E-state index contributed by atoms with van der Waals surface area (Å²) in [5.74, 6) is 1.92. The highest BCUT2D eigenvalue weighted by Gasteiger charge is 2.43. The van der Waals surface area contributed by atoms with Gasteiger partial charge in [0, 0.05) is 5.92 Å². The summed E-state index contributed by atoms with van der Waals surface area (Å²) in [5.41, 5.74) is 2.73. The second kappa shape index (κ2) is 4.45. The smallest absolute Gasteiger partial charge is 0.231 e. The van der Waals surface area contributed by atoms with E-state index in [1.165, 1.54) is 11.1 Å². The Morgan fingerprint density at radius 3 is 3.05 bits per heavy atom. The Hall–Kier alpha value is -2.15. The number of nitrogens with zero attached hydrogens (tertiary/aromatic N) is 3. The number of nitriles is 1. The highest BCUT2D eigenvalue weighted by molar-refractivity contribution is 5.36. The third kappa shape index (κ3) is 1.82. The Bertz CT molecular complexity index is 685. The largest absolute Gasteiger partial charge is 0.339 e. The summed E-state index contributed by atoms with van der Waals surface area (Å²) in [6.45, 7) is 0. The monoisotopic (exact) mass is 265 g/mol. The number of hydrogen-bond donors (Lipinski definition) is 0. The van der Waals surface area contributed by atoms with Crippen molar-refractivity contribution >= 4 is 0 Å². The average molecular weight is 265 g/mol. The van der Waals surface area contributed by atoms with Crippen molar-refractivity contribution in [2.45, 2.75) is 37.5 Å². The lowest BCUT2D eigenvalue weighted by Crippen LogP contribution is -2.12. The molecule has 4 rings (SSSR count). The van der Waals surface area contributed by atoms with Gasteiger partial charge in [0.2, 0.25) is 5.89 Å². The minimum Gasteiger partial charge on any atom is -0.339 e. The molecule has 4 nitrogen and oxygen atoms in total. The molecule has 0 bridgehead atoms. The minimum absolute atomic E-state index is 0.0712. The van der Waals surface area contributed by atoms with Gasteiger partial charge in [-0.25, -0.2) is 0 Å². The average Bonchev–Trinajstić information content (AvgIpc) is 3.14. The van der Waals surface area contributed by atoms with Crippen molar-refractivity contribution in [3.63, 3.8) is 0 Å². The van der Waals surface area contributed by atoms with Crippen molar-refractivity contribution in [2.24, 2.45) is 5.92 Å². The summed E-state index contributed by atoms with van der Waals surface area (Å²) < 4.78 is 5.38. The van der Waals surface area contributed by atoms with E-state index in [1.54, 1.807) is 0 Å². The van der Waals surface area contributed by atoms with E-state index in [4.69, 9.17) is 9.78 Å². The van der Waals surface area contributed by atoms with E-state index in [0.29, 0.717) is 5.89 Å². The Kier molecular flexibility index (Phi) is 2.59. The molecule has 1 fully saturated rings. The first kappa shape index (κ1) is 11.7. The molecule has 2 aliphatic carbocycles. The van der Waals surface area contributed by atoms with Crippen LogP contribution in [0.2, 0.25) is 0 Å². The summed E-state index contributed by atoms with van der Waals surface area (Å²) in [7, 11) is 0. The van der Waals surface area contributed by atoms with Crippen LogP contribution in [-0.2, 0) is 6.42 Å². The molecule has 4 heteroatoms. The molecule has 100 valence electrons. The van der Waals surface area contributed by atoms with Gasteiger partial charge in [0.25, 0.3) is 0 Å². The van der Waals surface area contributed by atoms with Crippen LogP contribution < -0.4 is 0 Å². The van der Waals surface area contributed by atoms with E-state index in [0.717, 1.165) is 31.5 Å². The van der Waals surface area contributed by atoms with Crippen LogP contribution >= 0.6 is 0 Å². The first-order valence-corrected chi connectivity index (χ1v) is 7.17. The standard InChI is InChI=1S/C16H15N3O/c17-9-11-8-14(11)16-18-15(19-20-16)13-7-3-5-10-4-1-2-6-12(10)13/h1-2,4,6,11,13-14H,3,5,7-8H2. The maximum atomic E-state index is 8.88. The number of aryl methyl sites for hydroxylation is 1. The van der Waals surface area contributed by atoms with Gasteiger partial charge < -0.3 is 4.52 Å². The van der Waals surface area contributed by atoms with Gasteiger partial charge >= 0.3 is 0 Å². The molecular formula is C16H15N3O. The maximum Gasteiger partial charge on any atom is 0.231 e. The van der Waals surface area contributed by atoms with Crippen LogP contribution in [0, 0.1) is 17.2 Å². The van der Waals surface area contributed by atoms with E-state index >= 15 is 0 Å². The molecule has 3 atom stereocenters. The van der Waals surface area contributed by atoms with Gasteiger partial charge in [-0.05, 0) is 36.8 Å². The number of benzene rings is 1. The summed E-state index contributed by atoms with van der Waals surface area (Å²) in [4.78, 5) is 4.56. The van der Waals surface area contributed by atoms with Crippen molar-refractivity contribution in [3.8, 4) is 6.07 Å². The molecule has 0 amide bonds. The van der Waals surface area contributed by atoms with Crippen molar-refractivity contribution in [1.82, 2.24) is 10.1 Å². The second-order valence-electron chi connectivity index (χ2n) is 5.71. The molecule has 0 spiro atoms. The molecular weight excluding hydrogens is 250 g/mol. The van der Waals surface area contributed by atoms with Gasteiger partial charge in [-0.2, -0.15) is 10.2 Å². The van der Waals surface area contributed by atoms with Crippen LogP contribution in [0.5, 0.6) is 0 Å². The Morgan fingerprint density at radius 1 is 1.30 bits per heavy atom. The van der Waals surface area contributed by atoms with Crippen molar-refractivity contribution in [1.29, 1.82) is 5.26 Å². The Morgan fingerprint density at radius 2 is 2.20 bits per heavy atom. The van der Waals surface area contributed by atoms with Crippen LogP contribution in [-0.4, -0.2) is 10.1 Å². The fourth-order valence-electron chi connectivity index (χ4n) is 3.17. The number of aromatic nitrogens is 2. The van der Waals surface area contributed by atoms with Gasteiger partial charge in [-0.3, -0.25) is 0 Å². The topological polar surface area (TPSA) is 62.7 Å². The van der Waals surface area contributed by atoms with E-state index in [-0.39, 0.29) is 17.8 Å². The third-order valence-electron chi connectivity index (χ3n) is 4.41. The minimum atomic E-state index is 0.0712. The summed E-state index contributed by atoms with van der Waals surface area (Å²) >= 11 is 0. The molecule has 2 aliphatic rings. The molecule has 20 heavy (non-hydrogen) atoms. The number of hydrogen-bond acceptors (Lipinski definition) is 4. The predicted molar refractivity (Wildman–Crippen MR) is 72.0 cm³/mol. The number of fused-ring (bicyclic) bond motifs is 1. The summed E-state index contributed by atoms with van der Waals surface area (Å²) in [5, 5.41) is 13.1. The highest BCUT2D eigenvalue weighted by Crippen LogP contribution is 2.46. The van der Waals surface area contributed by atoms with Crippen molar-refractivity contribution in [2.75, 3.05) is 0 Å². The quantitative estimate of drug-likeness (QED) is 0.836. The first-order chi connectivity index (χ1) is 9.86. The summed E-state index contributed by atoms with van der Waals surface area (Å²) in [6, 6.07) is 10.8. The van der Waals surface area contributed by atoms with Crippen LogP contribution in [0.4, 0.5) is 0 Å². The molecule has 0 aliphatic heterocycles. The molecule has 2 aromatic rings.